The molecule has 7 heteroatoms. The number of aryl methyl sites for hydroxylation is 3. The quantitative estimate of drug-likeness (QED) is 0.403. The predicted octanol–water partition coefficient (Wildman–Crippen LogP) is 4.09. The lowest BCUT2D eigenvalue weighted by molar-refractivity contribution is -0.132. The van der Waals surface area contributed by atoms with Gasteiger partial charge in [0.05, 0.1) is 11.6 Å². The Labute approximate surface area is 172 Å². The summed E-state index contributed by atoms with van der Waals surface area (Å²) in [7, 11) is 0. The number of hydrogen-bond acceptors (Lipinski definition) is 6. The second kappa shape index (κ2) is 7.25. The minimum atomic E-state index is -0.774. The third kappa shape index (κ3) is 3.34. The van der Waals surface area contributed by atoms with Crippen LogP contribution in [0.2, 0.25) is 0 Å². The molecule has 4 rings (SSSR count). The zero-order valence-electron chi connectivity index (χ0n) is 16.2. The molecule has 1 amide bonds. The summed E-state index contributed by atoms with van der Waals surface area (Å²) >= 11 is 1.23. The van der Waals surface area contributed by atoms with Crippen LogP contribution in [-0.4, -0.2) is 27.0 Å². The molecule has 0 radical (unpaired) electrons. The van der Waals surface area contributed by atoms with Crippen LogP contribution < -0.4 is 4.90 Å². The highest BCUT2D eigenvalue weighted by atomic mass is 32.1. The standard InChI is InChI=1S/C22H19N3O3S/c1-12-4-8-15(9-5-12)18-17(19(26)16-10-6-13(2)7-11-16)20(27)21(28)25(18)22-24-23-14(3)29-22/h4-11,18,26H,1-3H3/b19-17+. The van der Waals surface area contributed by atoms with Crippen LogP contribution in [0.3, 0.4) is 0 Å². The lowest BCUT2D eigenvalue weighted by Gasteiger charge is -2.22. The van der Waals surface area contributed by atoms with Crippen LogP contribution in [0.1, 0.15) is 33.3 Å². The molecule has 1 N–H and O–H groups in total. The van der Waals surface area contributed by atoms with Crippen LogP contribution in [0.15, 0.2) is 54.1 Å². The Morgan fingerprint density at radius 1 is 0.931 bits per heavy atom. The van der Waals surface area contributed by atoms with Crippen LogP contribution in [0, 0.1) is 20.8 Å². The Kier molecular flexibility index (Phi) is 4.76. The van der Waals surface area contributed by atoms with Gasteiger partial charge < -0.3 is 5.11 Å². The molecule has 0 aliphatic carbocycles. The maximum atomic E-state index is 13.0. The van der Waals surface area contributed by atoms with Gasteiger partial charge in [0.25, 0.3) is 5.78 Å². The van der Waals surface area contributed by atoms with Gasteiger partial charge in [0.1, 0.15) is 10.8 Å². The smallest absolute Gasteiger partial charge is 0.301 e. The van der Waals surface area contributed by atoms with Crippen molar-refractivity contribution in [2.24, 2.45) is 0 Å². The number of aliphatic hydroxyl groups excluding tert-OH is 1. The van der Waals surface area contributed by atoms with E-state index in [1.165, 1.54) is 16.2 Å². The average Bonchev–Trinajstić information content (AvgIpc) is 3.24. The Morgan fingerprint density at radius 3 is 2.07 bits per heavy atom. The largest absolute Gasteiger partial charge is 0.507 e. The summed E-state index contributed by atoms with van der Waals surface area (Å²) in [6.07, 6.45) is 0. The Hall–Kier alpha value is -3.32. The van der Waals surface area contributed by atoms with Crippen LogP contribution in [-0.2, 0) is 9.59 Å². The Bertz CT molecular complexity index is 1130. The first-order valence-corrected chi connectivity index (χ1v) is 9.93. The molecule has 3 aromatic rings. The van der Waals surface area contributed by atoms with E-state index < -0.39 is 17.7 Å². The molecule has 1 aliphatic heterocycles. The summed E-state index contributed by atoms with van der Waals surface area (Å²) in [4.78, 5) is 27.2. The van der Waals surface area contributed by atoms with Crippen LogP contribution in [0.4, 0.5) is 5.13 Å². The topological polar surface area (TPSA) is 83.4 Å². The van der Waals surface area contributed by atoms with Gasteiger partial charge in [-0.3, -0.25) is 14.5 Å². The number of carbonyl (C=O) groups is 2. The number of amides is 1. The zero-order valence-corrected chi connectivity index (χ0v) is 17.0. The molecule has 1 fully saturated rings. The third-order valence-corrected chi connectivity index (χ3v) is 5.72. The molecule has 1 aliphatic rings. The van der Waals surface area contributed by atoms with Gasteiger partial charge in [-0.15, -0.1) is 10.2 Å². The minimum absolute atomic E-state index is 0.0514. The number of aliphatic hydroxyl groups is 1. The van der Waals surface area contributed by atoms with Crippen molar-refractivity contribution < 1.29 is 14.7 Å². The van der Waals surface area contributed by atoms with E-state index in [1.807, 2.05) is 50.2 Å². The Balaban J connectivity index is 1.93. The van der Waals surface area contributed by atoms with Crippen LogP contribution >= 0.6 is 11.3 Å². The number of Topliss-reactive ketones (excluding diaryl/α,β-unsaturated/α-hetero) is 1. The fourth-order valence-corrected chi connectivity index (χ4v) is 4.06. The minimum Gasteiger partial charge on any atom is -0.507 e. The SMILES string of the molecule is Cc1ccc(/C(O)=C2\C(=O)C(=O)N(c3nnc(C)s3)C2c2ccc(C)cc2)cc1. The van der Waals surface area contributed by atoms with Crippen molar-refractivity contribution in [1.29, 1.82) is 0 Å². The third-order valence-electron chi connectivity index (χ3n) is 4.88. The van der Waals surface area contributed by atoms with Gasteiger partial charge in [0, 0.05) is 5.56 Å². The van der Waals surface area contributed by atoms with Gasteiger partial charge >= 0.3 is 5.91 Å². The molecule has 2 aromatic carbocycles. The summed E-state index contributed by atoms with van der Waals surface area (Å²) in [6.45, 7) is 5.68. The van der Waals surface area contributed by atoms with Crippen molar-refractivity contribution in [3.63, 3.8) is 0 Å². The van der Waals surface area contributed by atoms with E-state index in [4.69, 9.17) is 0 Å². The maximum Gasteiger partial charge on any atom is 0.301 e. The second-order valence-corrected chi connectivity index (χ2v) is 8.21. The molecule has 0 bridgehead atoms. The van der Waals surface area contributed by atoms with Crippen molar-refractivity contribution in [2.75, 3.05) is 4.90 Å². The van der Waals surface area contributed by atoms with E-state index in [-0.39, 0.29) is 11.3 Å². The number of nitrogens with zero attached hydrogens (tertiary/aromatic N) is 3. The first-order valence-electron chi connectivity index (χ1n) is 9.11. The lowest BCUT2D eigenvalue weighted by Crippen LogP contribution is -2.29. The molecule has 0 spiro atoms. The molecular formula is C22H19N3O3S. The van der Waals surface area contributed by atoms with Crippen molar-refractivity contribution in [3.8, 4) is 0 Å². The molecule has 29 heavy (non-hydrogen) atoms. The average molecular weight is 405 g/mol. The number of aromatic nitrogens is 2. The molecule has 0 saturated carbocycles. The van der Waals surface area contributed by atoms with E-state index in [0.29, 0.717) is 15.7 Å². The fraction of sp³-hybridized carbons (Fsp3) is 0.182. The van der Waals surface area contributed by atoms with Crippen molar-refractivity contribution in [1.82, 2.24) is 10.2 Å². The molecule has 1 saturated heterocycles. The van der Waals surface area contributed by atoms with Gasteiger partial charge in [-0.2, -0.15) is 0 Å². The number of ketones is 1. The molecule has 1 unspecified atom stereocenters. The van der Waals surface area contributed by atoms with E-state index in [2.05, 4.69) is 10.2 Å². The molecule has 6 nitrogen and oxygen atoms in total. The fourth-order valence-electron chi connectivity index (χ4n) is 3.34. The monoisotopic (exact) mass is 405 g/mol. The number of benzene rings is 2. The van der Waals surface area contributed by atoms with Gasteiger partial charge in [-0.25, -0.2) is 0 Å². The molecule has 146 valence electrons. The highest BCUT2D eigenvalue weighted by molar-refractivity contribution is 7.15. The van der Waals surface area contributed by atoms with E-state index >= 15 is 0 Å². The molecular weight excluding hydrogens is 386 g/mol. The number of carbonyl (C=O) groups excluding carboxylic acids is 2. The summed E-state index contributed by atoms with van der Waals surface area (Å²) in [5.74, 6) is -1.65. The number of hydrogen-bond donors (Lipinski definition) is 1. The molecule has 1 aromatic heterocycles. The second-order valence-electron chi connectivity index (χ2n) is 7.05. The van der Waals surface area contributed by atoms with E-state index in [9.17, 15) is 14.7 Å². The summed E-state index contributed by atoms with van der Waals surface area (Å²) in [6, 6.07) is 13.9. The van der Waals surface area contributed by atoms with Gasteiger partial charge in [0.2, 0.25) is 5.13 Å². The summed E-state index contributed by atoms with van der Waals surface area (Å²) < 4.78 is 0. The van der Waals surface area contributed by atoms with Crippen molar-refractivity contribution in [2.45, 2.75) is 26.8 Å². The van der Waals surface area contributed by atoms with Gasteiger partial charge in [-0.05, 0) is 26.3 Å². The van der Waals surface area contributed by atoms with E-state index in [1.54, 1.807) is 19.1 Å². The zero-order chi connectivity index (χ0) is 20.7. The predicted molar refractivity (Wildman–Crippen MR) is 112 cm³/mol. The first-order chi connectivity index (χ1) is 13.9. The highest BCUT2D eigenvalue weighted by Gasteiger charge is 2.48. The normalized spacial score (nSPS) is 18.4. The highest BCUT2D eigenvalue weighted by Crippen LogP contribution is 2.42. The van der Waals surface area contributed by atoms with Gasteiger partial charge in [-0.1, -0.05) is 71.0 Å². The first kappa shape index (κ1) is 19.0. The number of anilines is 1. The number of rotatable bonds is 3. The lowest BCUT2D eigenvalue weighted by atomic mass is 9.94. The molecule has 1 atom stereocenters. The van der Waals surface area contributed by atoms with E-state index in [0.717, 1.165) is 16.7 Å². The van der Waals surface area contributed by atoms with Crippen molar-refractivity contribution in [3.05, 3.63) is 81.4 Å². The Morgan fingerprint density at radius 2 is 1.52 bits per heavy atom. The van der Waals surface area contributed by atoms with Gasteiger partial charge in [0.15, 0.2) is 0 Å². The van der Waals surface area contributed by atoms with Crippen LogP contribution in [0.5, 0.6) is 0 Å². The van der Waals surface area contributed by atoms with Crippen LogP contribution in [0.25, 0.3) is 5.76 Å². The summed E-state index contributed by atoms with van der Waals surface area (Å²) in [5.41, 5.74) is 3.34. The summed E-state index contributed by atoms with van der Waals surface area (Å²) in [5, 5.41) is 20.1. The van der Waals surface area contributed by atoms with Crippen molar-refractivity contribution >= 4 is 33.9 Å². The molecule has 2 heterocycles. The maximum absolute atomic E-state index is 13.0.